The van der Waals surface area contributed by atoms with Gasteiger partial charge in [-0.25, -0.2) is 13.2 Å². The van der Waals surface area contributed by atoms with Crippen LogP contribution in [0.25, 0.3) is 11.1 Å². The van der Waals surface area contributed by atoms with Crippen LogP contribution in [0.5, 0.6) is 5.75 Å². The second-order valence-corrected chi connectivity index (χ2v) is 4.65. The Bertz CT molecular complexity index is 686. The van der Waals surface area contributed by atoms with Crippen molar-refractivity contribution in [2.24, 2.45) is 0 Å². The Morgan fingerprint density at radius 1 is 0.864 bits per heavy atom. The first kappa shape index (κ1) is 16.3. The molecule has 2 aromatic rings. The Labute approximate surface area is 125 Å². The van der Waals surface area contributed by atoms with E-state index in [4.69, 9.17) is 9.84 Å². The van der Waals surface area contributed by atoms with Crippen LogP contribution in [0.15, 0.2) is 24.3 Å². The Morgan fingerprint density at radius 3 is 2.05 bits per heavy atom. The minimum absolute atomic E-state index is 0.212. The summed E-state index contributed by atoms with van der Waals surface area (Å²) in [4.78, 5) is 0. The number of ether oxygens (including phenoxy) is 1. The van der Waals surface area contributed by atoms with E-state index in [1.807, 2.05) is 6.92 Å². The van der Waals surface area contributed by atoms with Crippen molar-refractivity contribution >= 4 is 0 Å². The van der Waals surface area contributed by atoms with E-state index >= 15 is 0 Å². The quantitative estimate of drug-likeness (QED) is 0.839. The van der Waals surface area contributed by atoms with E-state index in [0.29, 0.717) is 6.42 Å². The van der Waals surface area contributed by atoms with Gasteiger partial charge in [-0.2, -0.15) is 4.39 Å². The second kappa shape index (κ2) is 6.79. The number of aliphatic hydroxyl groups excluding tert-OH is 1. The predicted molar refractivity (Wildman–Crippen MR) is 73.4 cm³/mol. The molecule has 0 saturated heterocycles. The zero-order valence-electron chi connectivity index (χ0n) is 11.8. The fourth-order valence-corrected chi connectivity index (χ4v) is 1.98. The molecule has 0 radical (unpaired) electrons. The molecule has 0 amide bonds. The molecule has 0 aliphatic heterocycles. The lowest BCUT2D eigenvalue weighted by atomic mass is 10.0. The second-order valence-electron chi connectivity index (χ2n) is 4.65. The molecule has 118 valence electrons. The highest BCUT2D eigenvalue weighted by molar-refractivity contribution is 5.66. The van der Waals surface area contributed by atoms with E-state index in [0.717, 1.165) is 18.2 Å². The molecule has 0 aliphatic rings. The van der Waals surface area contributed by atoms with Gasteiger partial charge in [-0.15, -0.1) is 0 Å². The number of halogens is 4. The van der Waals surface area contributed by atoms with Gasteiger partial charge in [-0.3, -0.25) is 0 Å². The van der Waals surface area contributed by atoms with Crippen LogP contribution in [0, 0.1) is 23.3 Å². The zero-order chi connectivity index (χ0) is 16.3. The van der Waals surface area contributed by atoms with Crippen molar-refractivity contribution in [3.8, 4) is 16.9 Å². The topological polar surface area (TPSA) is 29.5 Å². The Hall–Kier alpha value is -2.08. The minimum Gasteiger partial charge on any atom is -0.490 e. The maximum atomic E-state index is 14.1. The molecular formula is C16H14F4O2. The molecule has 0 bridgehead atoms. The van der Waals surface area contributed by atoms with Gasteiger partial charge in [0.2, 0.25) is 5.82 Å². The molecule has 2 aromatic carbocycles. The highest BCUT2D eigenvalue weighted by atomic mass is 19.2. The van der Waals surface area contributed by atoms with E-state index < -0.39 is 41.0 Å². The Kier molecular flexibility index (Phi) is 5.03. The summed E-state index contributed by atoms with van der Waals surface area (Å²) in [7, 11) is 0. The van der Waals surface area contributed by atoms with Crippen molar-refractivity contribution < 1.29 is 27.4 Å². The molecule has 0 atom stereocenters. The highest BCUT2D eigenvalue weighted by Gasteiger charge is 2.21. The molecule has 0 saturated carbocycles. The normalized spacial score (nSPS) is 10.8. The van der Waals surface area contributed by atoms with Crippen LogP contribution in [0.3, 0.4) is 0 Å². The van der Waals surface area contributed by atoms with Crippen LogP contribution in [0.1, 0.15) is 18.9 Å². The summed E-state index contributed by atoms with van der Waals surface area (Å²) in [5.74, 6) is -5.48. The minimum atomic E-state index is -1.34. The van der Waals surface area contributed by atoms with Gasteiger partial charge in [0.05, 0.1) is 13.2 Å². The average molecular weight is 314 g/mol. The molecule has 0 heterocycles. The van der Waals surface area contributed by atoms with E-state index in [1.54, 1.807) is 0 Å². The van der Waals surface area contributed by atoms with Crippen LogP contribution in [-0.4, -0.2) is 11.7 Å². The predicted octanol–water partition coefficient (Wildman–Crippen LogP) is 4.19. The van der Waals surface area contributed by atoms with E-state index in [9.17, 15) is 17.6 Å². The summed E-state index contributed by atoms with van der Waals surface area (Å²) in [6.45, 7) is 1.33. The van der Waals surface area contributed by atoms with Crippen molar-refractivity contribution in [3.05, 3.63) is 53.1 Å². The van der Waals surface area contributed by atoms with Crippen LogP contribution in [-0.2, 0) is 6.61 Å². The molecule has 22 heavy (non-hydrogen) atoms. The van der Waals surface area contributed by atoms with Crippen LogP contribution in [0.2, 0.25) is 0 Å². The van der Waals surface area contributed by atoms with Crippen molar-refractivity contribution in [3.63, 3.8) is 0 Å². The van der Waals surface area contributed by atoms with E-state index in [1.165, 1.54) is 6.07 Å². The summed E-state index contributed by atoms with van der Waals surface area (Å²) in [5.41, 5.74) is -1.10. The fraction of sp³-hybridized carbons (Fsp3) is 0.250. The van der Waals surface area contributed by atoms with Gasteiger partial charge in [0, 0.05) is 16.7 Å². The van der Waals surface area contributed by atoms with E-state index in [2.05, 4.69) is 0 Å². The first-order valence-corrected chi connectivity index (χ1v) is 6.70. The van der Waals surface area contributed by atoms with Gasteiger partial charge in [-0.05, 0) is 18.6 Å². The number of hydrogen-bond acceptors (Lipinski definition) is 2. The third kappa shape index (κ3) is 2.92. The fourth-order valence-electron chi connectivity index (χ4n) is 1.98. The van der Waals surface area contributed by atoms with Gasteiger partial charge < -0.3 is 9.84 Å². The van der Waals surface area contributed by atoms with Gasteiger partial charge in [0.1, 0.15) is 0 Å². The SMILES string of the molecule is CCCOc1ccc(-c2ccc(CO)c(F)c2F)c(F)c1F. The third-order valence-corrected chi connectivity index (χ3v) is 3.13. The number of benzene rings is 2. The molecule has 2 rings (SSSR count). The van der Waals surface area contributed by atoms with Crippen LogP contribution in [0.4, 0.5) is 17.6 Å². The largest absolute Gasteiger partial charge is 0.490 e. The molecule has 0 unspecified atom stereocenters. The highest BCUT2D eigenvalue weighted by Crippen LogP contribution is 2.32. The Morgan fingerprint density at radius 2 is 1.45 bits per heavy atom. The summed E-state index contributed by atoms with van der Waals surface area (Å²) in [6.07, 6.45) is 0.616. The van der Waals surface area contributed by atoms with Gasteiger partial charge >= 0.3 is 0 Å². The van der Waals surface area contributed by atoms with Crippen molar-refractivity contribution in [1.82, 2.24) is 0 Å². The molecular weight excluding hydrogens is 300 g/mol. The third-order valence-electron chi connectivity index (χ3n) is 3.13. The lowest BCUT2D eigenvalue weighted by Crippen LogP contribution is -2.02. The smallest absolute Gasteiger partial charge is 0.201 e. The summed E-state index contributed by atoms with van der Waals surface area (Å²) < 4.78 is 60.6. The first-order valence-electron chi connectivity index (χ1n) is 6.70. The molecule has 1 N–H and O–H groups in total. The van der Waals surface area contributed by atoms with Crippen LogP contribution >= 0.6 is 0 Å². The average Bonchev–Trinajstić information content (AvgIpc) is 2.52. The number of rotatable bonds is 5. The number of aliphatic hydroxyl groups is 1. The van der Waals surface area contributed by atoms with Gasteiger partial charge in [0.15, 0.2) is 23.2 Å². The number of hydrogen-bond donors (Lipinski definition) is 1. The molecule has 2 nitrogen and oxygen atoms in total. The molecule has 0 fully saturated rings. The maximum Gasteiger partial charge on any atom is 0.201 e. The molecule has 0 spiro atoms. The summed E-state index contributed by atoms with van der Waals surface area (Å²) in [6, 6.07) is 4.50. The van der Waals surface area contributed by atoms with Gasteiger partial charge in [-0.1, -0.05) is 19.1 Å². The van der Waals surface area contributed by atoms with Crippen molar-refractivity contribution in [2.45, 2.75) is 20.0 Å². The Balaban J connectivity index is 2.50. The lowest BCUT2D eigenvalue weighted by Gasteiger charge is -2.11. The summed E-state index contributed by atoms with van der Waals surface area (Å²) in [5, 5.41) is 8.86. The zero-order valence-corrected chi connectivity index (χ0v) is 11.8. The van der Waals surface area contributed by atoms with Gasteiger partial charge in [0.25, 0.3) is 0 Å². The van der Waals surface area contributed by atoms with Crippen molar-refractivity contribution in [2.75, 3.05) is 6.61 Å². The molecule has 6 heteroatoms. The molecule has 0 aliphatic carbocycles. The monoisotopic (exact) mass is 314 g/mol. The van der Waals surface area contributed by atoms with E-state index in [-0.39, 0.29) is 17.9 Å². The first-order chi connectivity index (χ1) is 10.5. The lowest BCUT2D eigenvalue weighted by molar-refractivity contribution is 0.273. The maximum absolute atomic E-state index is 14.1. The standard InChI is InChI=1S/C16H14F4O2/c1-2-7-22-12-6-5-11(15(19)16(12)20)10-4-3-9(8-21)13(17)14(10)18/h3-6,21H,2,7-8H2,1H3. The molecule has 0 aromatic heterocycles. The van der Waals surface area contributed by atoms with Crippen LogP contribution < -0.4 is 4.74 Å². The summed E-state index contributed by atoms with van der Waals surface area (Å²) >= 11 is 0. The van der Waals surface area contributed by atoms with Crippen molar-refractivity contribution in [1.29, 1.82) is 0 Å².